The van der Waals surface area contributed by atoms with Crippen molar-refractivity contribution in [2.45, 2.75) is 53.0 Å². The van der Waals surface area contributed by atoms with Crippen molar-refractivity contribution >= 4 is 22.7 Å². The van der Waals surface area contributed by atoms with E-state index in [1.54, 1.807) is 41.8 Å². The highest BCUT2D eigenvalue weighted by Crippen LogP contribution is 2.22. The summed E-state index contributed by atoms with van der Waals surface area (Å²) < 4.78 is 14.0. The van der Waals surface area contributed by atoms with Crippen molar-refractivity contribution in [2.24, 2.45) is 0 Å². The topological polar surface area (TPSA) is 109 Å². The van der Waals surface area contributed by atoms with Crippen LogP contribution in [0.4, 0.5) is 0 Å². The summed E-state index contributed by atoms with van der Waals surface area (Å²) in [4.78, 5) is 43.1. The first-order valence-electron chi connectivity index (χ1n) is 11.7. The fraction of sp³-hybridized carbons (Fsp3) is 0.346. The molecule has 0 amide bonds. The van der Waals surface area contributed by atoms with Gasteiger partial charge < -0.3 is 9.26 Å². The molecule has 35 heavy (non-hydrogen) atoms. The number of ether oxygens (including phenoxy) is 1. The second kappa shape index (κ2) is 8.98. The second-order valence-corrected chi connectivity index (χ2v) is 8.94. The monoisotopic (exact) mass is 474 g/mol. The van der Waals surface area contributed by atoms with Crippen LogP contribution in [0.2, 0.25) is 0 Å². The van der Waals surface area contributed by atoms with E-state index >= 15 is 0 Å². The largest absolute Gasteiger partial charge is 0.454 e. The zero-order valence-corrected chi connectivity index (χ0v) is 20.0. The molecule has 1 aliphatic rings. The number of Topliss-reactive ketones (excluding diaryl/α,β-unsaturated/α-hetero) is 1. The van der Waals surface area contributed by atoms with E-state index in [-0.39, 0.29) is 16.9 Å². The molecular formula is C26H26N4O5. The van der Waals surface area contributed by atoms with Crippen LogP contribution in [-0.4, -0.2) is 37.6 Å². The van der Waals surface area contributed by atoms with E-state index in [0.717, 1.165) is 37.2 Å². The summed E-state index contributed by atoms with van der Waals surface area (Å²) >= 11 is 0. The third-order valence-corrected chi connectivity index (χ3v) is 6.46. The van der Waals surface area contributed by atoms with Gasteiger partial charge in [0.2, 0.25) is 5.78 Å². The Labute approximate surface area is 201 Å². The van der Waals surface area contributed by atoms with Crippen molar-refractivity contribution in [2.75, 3.05) is 6.61 Å². The first-order chi connectivity index (χ1) is 16.8. The minimum Gasteiger partial charge on any atom is -0.454 e. The highest BCUT2D eigenvalue weighted by Gasteiger charge is 2.21. The molecule has 3 aromatic heterocycles. The number of nitrogens with zero attached hydrogens (tertiary/aromatic N) is 4. The normalized spacial score (nSPS) is 13.5. The number of benzene rings is 1. The molecule has 5 rings (SSSR count). The Morgan fingerprint density at radius 2 is 1.91 bits per heavy atom. The summed E-state index contributed by atoms with van der Waals surface area (Å²) in [6.07, 6.45) is 3.74. The molecule has 0 N–H and O–H groups in total. The molecule has 180 valence electrons. The molecule has 0 atom stereocenters. The lowest BCUT2D eigenvalue weighted by Crippen LogP contribution is -2.24. The van der Waals surface area contributed by atoms with Gasteiger partial charge in [-0.1, -0.05) is 11.6 Å². The Morgan fingerprint density at radius 1 is 1.09 bits per heavy atom. The van der Waals surface area contributed by atoms with Crippen molar-refractivity contribution in [1.82, 2.24) is 19.3 Å². The lowest BCUT2D eigenvalue weighted by atomic mass is 10.1. The van der Waals surface area contributed by atoms with Crippen molar-refractivity contribution < 1.29 is 18.8 Å². The van der Waals surface area contributed by atoms with Crippen molar-refractivity contribution in [3.8, 4) is 5.82 Å². The molecular weight excluding hydrogens is 448 g/mol. The summed E-state index contributed by atoms with van der Waals surface area (Å²) in [6.45, 7) is 5.73. The summed E-state index contributed by atoms with van der Waals surface area (Å²) in [7, 11) is 0. The highest BCUT2D eigenvalue weighted by molar-refractivity contribution is 6.01. The minimum atomic E-state index is -0.641. The molecule has 4 aromatic rings. The van der Waals surface area contributed by atoms with Gasteiger partial charge in [-0.15, -0.1) is 0 Å². The molecule has 4 heterocycles. The van der Waals surface area contributed by atoms with E-state index in [0.29, 0.717) is 40.3 Å². The van der Waals surface area contributed by atoms with Crippen molar-refractivity contribution in [1.29, 1.82) is 0 Å². The molecule has 0 spiro atoms. The van der Waals surface area contributed by atoms with Crippen LogP contribution in [0.25, 0.3) is 16.7 Å². The van der Waals surface area contributed by atoms with Crippen molar-refractivity contribution in [3.05, 3.63) is 74.8 Å². The molecule has 0 saturated carbocycles. The maximum absolute atomic E-state index is 12.9. The summed E-state index contributed by atoms with van der Waals surface area (Å²) in [6, 6.07) is 8.24. The molecule has 9 heteroatoms. The average molecular weight is 475 g/mol. The molecule has 9 nitrogen and oxygen atoms in total. The number of rotatable bonds is 5. The maximum Gasteiger partial charge on any atom is 0.338 e. The van der Waals surface area contributed by atoms with Crippen LogP contribution in [0.1, 0.15) is 63.0 Å². The van der Waals surface area contributed by atoms with Gasteiger partial charge in [-0.05, 0) is 57.9 Å². The van der Waals surface area contributed by atoms with Crippen LogP contribution >= 0.6 is 0 Å². The highest BCUT2D eigenvalue weighted by atomic mass is 16.5. The van der Waals surface area contributed by atoms with Crippen molar-refractivity contribution in [3.63, 3.8) is 0 Å². The number of carbonyl (C=O) groups excluding carboxylic acids is 2. The molecule has 0 bridgehead atoms. The number of aryl methyl sites for hydroxylation is 3. The first kappa shape index (κ1) is 22.8. The Hall–Kier alpha value is -4.01. The molecule has 0 aliphatic carbocycles. The zero-order valence-electron chi connectivity index (χ0n) is 20.0. The number of hydrogen-bond donors (Lipinski definition) is 0. The van der Waals surface area contributed by atoms with Gasteiger partial charge in [-0.2, -0.15) is 0 Å². The van der Waals surface area contributed by atoms with Gasteiger partial charge in [-0.3, -0.25) is 18.7 Å². The SMILES string of the molecule is Cc1cc(-n2c(C)cc(C(=O)COC(=O)c3ccc4c(=O)n5c(nc4c3)CCCCC5)c2C)no1. The number of hydrogen-bond acceptors (Lipinski definition) is 7. The predicted molar refractivity (Wildman–Crippen MR) is 128 cm³/mol. The van der Waals surface area contributed by atoms with E-state index in [1.165, 1.54) is 0 Å². The molecule has 0 unspecified atom stereocenters. The Morgan fingerprint density at radius 3 is 2.69 bits per heavy atom. The minimum absolute atomic E-state index is 0.0836. The number of fused-ring (bicyclic) bond motifs is 2. The van der Waals surface area contributed by atoms with E-state index in [2.05, 4.69) is 10.1 Å². The van der Waals surface area contributed by atoms with Crippen LogP contribution in [0.3, 0.4) is 0 Å². The average Bonchev–Trinajstić information content (AvgIpc) is 3.29. The maximum atomic E-state index is 12.9. The molecule has 0 radical (unpaired) electrons. The van der Waals surface area contributed by atoms with Crippen LogP contribution in [0.15, 0.2) is 39.6 Å². The molecule has 1 aromatic carbocycles. The third kappa shape index (κ3) is 4.18. The van der Waals surface area contributed by atoms with E-state index in [4.69, 9.17) is 9.26 Å². The lowest BCUT2D eigenvalue weighted by molar-refractivity contribution is 0.0474. The number of esters is 1. The van der Waals surface area contributed by atoms with Gasteiger partial charge >= 0.3 is 5.97 Å². The fourth-order valence-corrected chi connectivity index (χ4v) is 4.69. The zero-order chi connectivity index (χ0) is 24.7. The third-order valence-electron chi connectivity index (χ3n) is 6.46. The van der Waals surface area contributed by atoms with Gasteiger partial charge in [-0.25, -0.2) is 9.78 Å². The molecule has 1 aliphatic heterocycles. The van der Waals surface area contributed by atoms with Crippen LogP contribution in [0, 0.1) is 20.8 Å². The lowest BCUT2D eigenvalue weighted by Gasteiger charge is -2.11. The summed E-state index contributed by atoms with van der Waals surface area (Å²) in [5, 5.41) is 4.49. The van der Waals surface area contributed by atoms with Crippen LogP contribution in [0.5, 0.6) is 0 Å². The van der Waals surface area contributed by atoms with Gasteiger partial charge in [0.15, 0.2) is 12.4 Å². The van der Waals surface area contributed by atoms with Gasteiger partial charge in [0.05, 0.1) is 16.5 Å². The van der Waals surface area contributed by atoms with Gasteiger partial charge in [0.1, 0.15) is 11.6 Å². The number of ketones is 1. The standard InChI is InChI=1S/C26H26N4O5/c1-15-11-20(17(3)30(15)24-12-16(2)35-28-24)22(31)14-34-26(33)18-8-9-19-21(13-18)27-23-7-5-4-6-10-29(23)25(19)32/h8-9,11-13H,4-7,10,14H2,1-3H3. The van der Waals surface area contributed by atoms with E-state index in [9.17, 15) is 14.4 Å². The Balaban J connectivity index is 1.34. The van der Waals surface area contributed by atoms with E-state index in [1.807, 2.05) is 18.4 Å². The van der Waals surface area contributed by atoms with Crippen LogP contribution < -0.4 is 5.56 Å². The first-order valence-corrected chi connectivity index (χ1v) is 11.7. The molecule has 0 fully saturated rings. The number of carbonyl (C=O) groups is 2. The predicted octanol–water partition coefficient (Wildman–Crippen LogP) is 3.87. The molecule has 0 saturated heterocycles. The van der Waals surface area contributed by atoms with Crippen LogP contribution in [-0.2, 0) is 17.7 Å². The quantitative estimate of drug-likeness (QED) is 0.319. The van der Waals surface area contributed by atoms with E-state index < -0.39 is 12.6 Å². The second-order valence-electron chi connectivity index (χ2n) is 8.94. The summed E-state index contributed by atoms with van der Waals surface area (Å²) in [5.74, 6) is 1.04. The Bertz CT molecular complexity index is 1520. The number of aromatic nitrogens is 4. The fourth-order valence-electron chi connectivity index (χ4n) is 4.69. The van der Waals surface area contributed by atoms with Gasteiger partial charge in [0, 0.05) is 36.0 Å². The smallest absolute Gasteiger partial charge is 0.338 e. The Kier molecular flexibility index (Phi) is 5.84. The summed E-state index contributed by atoms with van der Waals surface area (Å²) in [5.41, 5.74) is 2.59. The van der Waals surface area contributed by atoms with Gasteiger partial charge in [0.25, 0.3) is 5.56 Å².